The van der Waals surface area contributed by atoms with Crippen molar-refractivity contribution in [2.45, 2.75) is 132 Å². The fourth-order valence-electron chi connectivity index (χ4n) is 9.57. The highest BCUT2D eigenvalue weighted by atomic mass is 32.2. The summed E-state index contributed by atoms with van der Waals surface area (Å²) < 4.78 is 62.5. The number of para-hydroxylation sites is 1. The Bertz CT molecular complexity index is 3160. The van der Waals surface area contributed by atoms with Crippen molar-refractivity contribution in [3.63, 3.8) is 0 Å². The maximum Gasteiger partial charge on any atom is 0.325 e. The van der Waals surface area contributed by atoms with E-state index < -0.39 is 24.0 Å². The van der Waals surface area contributed by atoms with E-state index in [2.05, 4.69) is 130 Å². The number of unbranched alkanes of at least 4 members (excludes halogenated alkanes) is 1. The van der Waals surface area contributed by atoms with Gasteiger partial charge in [0.15, 0.2) is 5.96 Å². The largest absolute Gasteiger partial charge is 0.497 e. The minimum absolute atomic E-state index is 0.0142. The molecule has 10 unspecified atom stereocenters. The monoisotopic (exact) mass is 1710 g/mol. The van der Waals surface area contributed by atoms with E-state index in [9.17, 15) is 52.7 Å². The predicted octanol–water partition coefficient (Wildman–Crippen LogP) is -0.450. The molecule has 0 fully saturated rings. The lowest BCUT2D eigenvalue weighted by Crippen LogP contribution is -2.44. The summed E-state index contributed by atoms with van der Waals surface area (Å²) in [5.74, 6) is -1.06. The summed E-state index contributed by atoms with van der Waals surface area (Å²) in [4.78, 5) is 125. The molecule has 0 aliphatic carbocycles. The molecule has 39 nitrogen and oxygen atoms in total. The zero-order chi connectivity index (χ0) is 91.5. The van der Waals surface area contributed by atoms with Crippen molar-refractivity contribution in [3.8, 4) is 5.75 Å². The molecule has 0 spiro atoms. The Labute approximate surface area is 703 Å². The van der Waals surface area contributed by atoms with Crippen LogP contribution >= 0.6 is 11.8 Å². The van der Waals surface area contributed by atoms with Gasteiger partial charge in [0.25, 0.3) is 0 Å². The molecule has 0 aliphatic heterocycles. The molecule has 1 amide bonds. The van der Waals surface area contributed by atoms with E-state index in [4.69, 9.17) is 29.4 Å². The quantitative estimate of drug-likeness (QED) is 0.0112. The number of methoxy groups -OCH3 is 13. The topological polar surface area (TPSA) is 495 Å². The van der Waals surface area contributed by atoms with Crippen LogP contribution in [0.4, 0.5) is 0 Å². The molecule has 1 heterocycles. The van der Waals surface area contributed by atoms with Crippen LogP contribution < -0.4 is 74.3 Å². The number of benzene rings is 2. The lowest BCUT2D eigenvalue weighted by atomic mass is 10.1. The maximum absolute atomic E-state index is 11.6. The molecular weight excluding hydrogens is 1560 g/mol. The van der Waals surface area contributed by atoms with Crippen molar-refractivity contribution in [2.24, 2.45) is 17.8 Å². The number of amides is 1. The standard InChI is InChI=1S/C14H18N2O2.C12H17NO3.C9H20N4O2.C9H20N2O2.C8H16N2O3.C7H13NO4.C7H15NO3.C6H13NO3.C6H13NO2S/c1-15-12(14(17)18-3)8-10-9-16(2)13-7-5-4-6-11(10)13;1-13-11(12(14)16-3)8-9-4-6-10(15-2)7-5-9;1-11-7(8(14)15-3)5-4-6-13-9(10)12-2;1-10-7-5-4-6-8(11-2)9(12)13-3;1-9-6(8(12)13-3)4-5-7(11)10-2;1-8-5(7(10)12-3)4-6(9)11-2;1-5(10-3)6(8-2)7(9)11-4;1-7-5(4-9-2)6(8)10-3;1-7-5(4-10-3)6(8)9-2/h4-7,9,12,15H,8H2,1-3H3;4-7,11,13H,8H2,1-3H3;7,11H,4-6H2,1-3H3,(H3,10,12,13);8,10-11H,4-7H2,1-3H3;6,9H,4-5H2,1-3H3,(H,10,11);5,8H,4H2,1-3H3;5-6,8H,1-4H3;2*5,7H,4H2,1-3H3. The number of rotatable bonds is 43. The Kier molecular flexibility index (Phi) is 80.5. The van der Waals surface area contributed by atoms with Crippen molar-refractivity contribution >= 4 is 94.2 Å². The number of carbonyl (C=O) groups excluding carboxylic acids is 11. The lowest BCUT2D eigenvalue weighted by Gasteiger charge is -2.19. The number of aliphatic imine (C=N–C) groups is 1. The molecule has 2 aromatic carbocycles. The van der Waals surface area contributed by atoms with Gasteiger partial charge in [0.05, 0.1) is 97.3 Å². The first kappa shape index (κ1) is 120. The fraction of sp³-hybridized carbons (Fsp3) is 0.667. The molecule has 3 rings (SSSR count). The molecule has 1 aromatic heterocycles. The number of hydrogen-bond donors (Lipinski definition) is 13. The highest BCUT2D eigenvalue weighted by Crippen LogP contribution is 2.22. The number of hydrogen-bond acceptors (Lipinski definition) is 36. The zero-order valence-corrected chi connectivity index (χ0v) is 75.9. The average molecular weight is 1710 g/mol. The summed E-state index contributed by atoms with van der Waals surface area (Å²) in [7, 11) is 40.8. The minimum Gasteiger partial charge on any atom is -0.497 e. The minimum atomic E-state index is -0.623. The van der Waals surface area contributed by atoms with Crippen molar-refractivity contribution in [3.05, 3.63) is 65.9 Å². The number of aryl methyl sites for hydroxylation is 1. The van der Waals surface area contributed by atoms with Crippen LogP contribution in [0.25, 0.3) is 10.9 Å². The van der Waals surface area contributed by atoms with Gasteiger partial charge in [-0.25, -0.2) is 0 Å². The van der Waals surface area contributed by atoms with E-state index >= 15 is 0 Å². The summed E-state index contributed by atoms with van der Waals surface area (Å²) in [6.07, 6.45) is 10.3. The van der Waals surface area contributed by atoms with Crippen LogP contribution in [0, 0.1) is 0 Å². The summed E-state index contributed by atoms with van der Waals surface area (Å²) in [5, 5.41) is 35.2. The summed E-state index contributed by atoms with van der Waals surface area (Å²) in [6.45, 7) is 3.83. The van der Waals surface area contributed by atoms with E-state index in [1.807, 2.05) is 56.7 Å². The Morgan fingerprint density at radius 3 is 1.27 bits per heavy atom. The molecule has 14 N–H and O–H groups in total. The van der Waals surface area contributed by atoms with Gasteiger partial charge in [-0.05, 0) is 158 Å². The number of nitrogens with zero attached hydrogens (tertiary/aromatic N) is 2. The van der Waals surface area contributed by atoms with Crippen LogP contribution in [0.1, 0.15) is 69.4 Å². The van der Waals surface area contributed by atoms with E-state index in [1.54, 1.807) is 110 Å². The highest BCUT2D eigenvalue weighted by molar-refractivity contribution is 7.98. The number of thioether (sulfide) groups is 1. The van der Waals surface area contributed by atoms with Crippen LogP contribution in [0.3, 0.4) is 0 Å². The third-order valence-electron chi connectivity index (χ3n) is 16.9. The van der Waals surface area contributed by atoms with E-state index in [0.717, 1.165) is 54.9 Å². The van der Waals surface area contributed by atoms with Gasteiger partial charge >= 0.3 is 59.7 Å². The number of esters is 10. The number of nitrogens with one attached hydrogen (secondary N) is 12. The Morgan fingerprint density at radius 2 is 0.881 bits per heavy atom. The predicted molar refractivity (Wildman–Crippen MR) is 456 cm³/mol. The van der Waals surface area contributed by atoms with Gasteiger partial charge in [0.2, 0.25) is 5.91 Å². The van der Waals surface area contributed by atoms with E-state index in [0.29, 0.717) is 51.2 Å². The SMILES string of the molecule is CN=C(N)NCCCC(NC)C(=O)OC.CNC(=O)CCC(NC)C(=O)OC.CNC(C(=O)OC)C(C)OC.CNC(CC(=O)OC)C(=O)OC.CNC(COC)C(=O)OC.CNC(CSC)C(=O)OC.CNC(Cc1ccc(OC)cc1)C(=O)OC.CNC(Cc1cn(C)c2ccccc12)C(=O)OC.CNCCCCC(NC)C(=O)OC. The van der Waals surface area contributed by atoms with Gasteiger partial charge in [-0.3, -0.25) is 57.7 Å². The van der Waals surface area contributed by atoms with Gasteiger partial charge in [-0.15, -0.1) is 0 Å². The molecule has 10 atom stereocenters. The summed E-state index contributed by atoms with van der Waals surface area (Å²) >= 11 is 1.61. The molecule has 682 valence electrons. The molecule has 118 heavy (non-hydrogen) atoms. The average Bonchev–Trinajstić information content (AvgIpc) is 1.66. The van der Waals surface area contributed by atoms with Crippen LogP contribution in [-0.4, -0.2) is 345 Å². The second kappa shape index (κ2) is 79.2. The smallest absolute Gasteiger partial charge is 0.325 e. The number of nitrogens with two attached hydrogens (primary N) is 1. The summed E-state index contributed by atoms with van der Waals surface area (Å²) in [6, 6.07) is 12.9. The Morgan fingerprint density at radius 1 is 0.466 bits per heavy atom. The van der Waals surface area contributed by atoms with Crippen LogP contribution in [0.5, 0.6) is 5.75 Å². The lowest BCUT2D eigenvalue weighted by molar-refractivity contribution is -0.149. The van der Waals surface area contributed by atoms with E-state index in [-0.39, 0.29) is 108 Å². The maximum atomic E-state index is 11.6. The Hall–Kier alpha value is -8.91. The number of aromatic nitrogens is 1. The molecule has 40 heteroatoms. The van der Waals surface area contributed by atoms with Crippen molar-refractivity contribution in [1.82, 2.24) is 68.4 Å². The third kappa shape index (κ3) is 56.5. The number of fused-ring (bicyclic) bond motifs is 1. The number of guanidine groups is 1. The second-order valence-corrected chi connectivity index (χ2v) is 25.3. The second-order valence-electron chi connectivity index (χ2n) is 24.4. The first-order valence-electron chi connectivity index (χ1n) is 37.6. The van der Waals surface area contributed by atoms with Crippen molar-refractivity contribution in [2.75, 3.05) is 209 Å². The van der Waals surface area contributed by atoms with Gasteiger partial charge < -0.3 is 136 Å². The molecular formula is C78H145N15O24S. The normalized spacial score (nSPS) is 12.8. The van der Waals surface area contributed by atoms with Crippen molar-refractivity contribution in [1.29, 1.82) is 0 Å². The molecule has 0 saturated carbocycles. The summed E-state index contributed by atoms with van der Waals surface area (Å²) in [5.41, 5.74) is 8.82. The highest BCUT2D eigenvalue weighted by Gasteiger charge is 2.26. The van der Waals surface area contributed by atoms with Gasteiger partial charge in [-0.1, -0.05) is 36.8 Å². The zero-order valence-electron chi connectivity index (χ0n) is 75.0. The van der Waals surface area contributed by atoms with Gasteiger partial charge in [-0.2, -0.15) is 11.8 Å². The molecule has 3 aromatic rings. The van der Waals surface area contributed by atoms with Crippen LogP contribution in [0.15, 0.2) is 59.7 Å². The van der Waals surface area contributed by atoms with Crippen LogP contribution in [-0.2, 0) is 129 Å². The van der Waals surface area contributed by atoms with E-state index in [1.165, 1.54) is 89.1 Å². The fourth-order valence-corrected chi connectivity index (χ4v) is 10.2. The molecule has 0 saturated heterocycles. The van der Waals surface area contributed by atoms with Crippen molar-refractivity contribution < 1.29 is 114 Å². The number of likely N-dealkylation sites (N-methyl/N-ethyl adjacent to an activating group) is 9. The molecule has 0 bridgehead atoms. The Balaban J connectivity index is -0.000000301. The number of ether oxygens (including phenoxy) is 13. The first-order chi connectivity index (χ1) is 56.3. The third-order valence-corrected chi connectivity index (χ3v) is 17.5. The number of carbonyl (C=O) groups is 11. The molecule has 0 radical (unpaired) electrons. The van der Waals surface area contributed by atoms with Crippen LogP contribution in [0.2, 0.25) is 0 Å². The molecule has 0 aliphatic rings. The van der Waals surface area contributed by atoms with Gasteiger partial charge in [0.1, 0.15) is 60.1 Å². The first-order valence-corrected chi connectivity index (χ1v) is 39.0. The van der Waals surface area contributed by atoms with Gasteiger partial charge in [0, 0.05) is 77.6 Å².